The molecule has 0 aromatic heterocycles. The summed E-state index contributed by atoms with van der Waals surface area (Å²) in [7, 11) is 0. The Hall–Kier alpha value is -1.61. The van der Waals surface area contributed by atoms with Crippen molar-refractivity contribution >= 4 is 11.5 Å². The van der Waals surface area contributed by atoms with Crippen LogP contribution < -0.4 is 0 Å². The van der Waals surface area contributed by atoms with Crippen LogP contribution in [0.25, 0.3) is 5.57 Å². The number of carbonyl (C=O) groups is 1. The van der Waals surface area contributed by atoms with Crippen LogP contribution in [0.3, 0.4) is 0 Å². The first-order chi connectivity index (χ1) is 10.6. The van der Waals surface area contributed by atoms with Gasteiger partial charge in [0.1, 0.15) is 0 Å². The number of rotatable bonds is 3. The van der Waals surface area contributed by atoms with E-state index in [4.69, 9.17) is 5.11 Å². The summed E-state index contributed by atoms with van der Waals surface area (Å²) in [6.07, 6.45) is 3.47. The number of likely N-dealkylation sites (tertiary alicyclic amines) is 1. The standard InChI is InChI=1S/C16H19NO2.C3H8/c1-11-13(8-17-9-14(10-17)16(18)19)7-6-12-4-2-3-5-15(11)12;1-3-2/h2-5,14H,6-10H2,1H3,(H,18,19);3H2,1-2H3. The molecule has 1 aliphatic carbocycles. The van der Waals surface area contributed by atoms with Crippen molar-refractivity contribution < 1.29 is 9.90 Å². The second-order valence-corrected chi connectivity index (χ2v) is 6.32. The Balaban J connectivity index is 0.000000545. The average Bonchev–Trinajstić information content (AvgIpc) is 2.45. The number of aliphatic carboxylic acids is 1. The Morgan fingerprint density at radius 3 is 2.50 bits per heavy atom. The summed E-state index contributed by atoms with van der Waals surface area (Å²) in [5, 5.41) is 8.90. The summed E-state index contributed by atoms with van der Waals surface area (Å²) in [4.78, 5) is 13.1. The van der Waals surface area contributed by atoms with Crippen LogP contribution in [0.4, 0.5) is 0 Å². The molecule has 1 aromatic carbocycles. The number of fused-ring (bicyclic) bond motifs is 1. The van der Waals surface area contributed by atoms with Gasteiger partial charge in [-0.1, -0.05) is 50.1 Å². The Labute approximate surface area is 133 Å². The van der Waals surface area contributed by atoms with Crippen LogP contribution in [0.2, 0.25) is 0 Å². The zero-order valence-electron chi connectivity index (χ0n) is 13.9. The zero-order valence-corrected chi connectivity index (χ0v) is 13.9. The fourth-order valence-corrected chi connectivity index (χ4v) is 3.09. The van der Waals surface area contributed by atoms with E-state index < -0.39 is 5.97 Å². The summed E-state index contributed by atoms with van der Waals surface area (Å²) in [6.45, 7) is 8.78. The number of allylic oxidation sites excluding steroid dienone is 1. The molecular formula is C19H27NO2. The van der Waals surface area contributed by atoms with E-state index in [1.54, 1.807) is 0 Å². The summed E-state index contributed by atoms with van der Waals surface area (Å²) in [6, 6.07) is 8.60. The summed E-state index contributed by atoms with van der Waals surface area (Å²) >= 11 is 0. The van der Waals surface area contributed by atoms with Crippen molar-refractivity contribution in [2.24, 2.45) is 5.92 Å². The highest BCUT2D eigenvalue weighted by Gasteiger charge is 2.33. The first-order valence-corrected chi connectivity index (χ1v) is 8.28. The van der Waals surface area contributed by atoms with E-state index >= 15 is 0 Å². The minimum atomic E-state index is -0.657. The van der Waals surface area contributed by atoms with Crippen molar-refractivity contribution in [3.8, 4) is 0 Å². The highest BCUT2D eigenvalue weighted by atomic mass is 16.4. The van der Waals surface area contributed by atoms with Gasteiger partial charge in [-0.15, -0.1) is 0 Å². The molecule has 22 heavy (non-hydrogen) atoms. The Morgan fingerprint density at radius 2 is 1.86 bits per heavy atom. The lowest BCUT2D eigenvalue weighted by molar-refractivity contribution is -0.147. The van der Waals surface area contributed by atoms with E-state index in [1.165, 1.54) is 28.7 Å². The van der Waals surface area contributed by atoms with Gasteiger partial charge < -0.3 is 5.11 Å². The van der Waals surface area contributed by atoms with Gasteiger partial charge in [0, 0.05) is 19.6 Å². The first-order valence-electron chi connectivity index (χ1n) is 8.28. The van der Waals surface area contributed by atoms with E-state index in [0.29, 0.717) is 13.1 Å². The van der Waals surface area contributed by atoms with Crippen molar-refractivity contribution in [3.63, 3.8) is 0 Å². The maximum Gasteiger partial charge on any atom is 0.309 e. The molecule has 3 heteroatoms. The Morgan fingerprint density at radius 1 is 1.23 bits per heavy atom. The highest BCUT2D eigenvalue weighted by Crippen LogP contribution is 2.32. The SMILES string of the molecule is CC1=C(CN2CC(C(=O)O)C2)CCc2ccccc21.CCC. The molecule has 1 N–H and O–H groups in total. The molecule has 120 valence electrons. The Bertz CT molecular complexity index is 556. The second kappa shape index (κ2) is 7.59. The van der Waals surface area contributed by atoms with E-state index in [9.17, 15) is 4.79 Å². The molecule has 2 aliphatic rings. The number of aryl methyl sites for hydroxylation is 1. The molecule has 1 aliphatic heterocycles. The van der Waals surface area contributed by atoms with Crippen LogP contribution in [-0.4, -0.2) is 35.6 Å². The van der Waals surface area contributed by atoms with Crippen molar-refractivity contribution in [3.05, 3.63) is 41.0 Å². The molecule has 1 heterocycles. The molecule has 0 radical (unpaired) electrons. The van der Waals surface area contributed by atoms with Crippen LogP contribution >= 0.6 is 0 Å². The predicted molar refractivity (Wildman–Crippen MR) is 90.9 cm³/mol. The molecule has 3 nitrogen and oxygen atoms in total. The average molecular weight is 301 g/mol. The maximum atomic E-state index is 10.8. The van der Waals surface area contributed by atoms with Crippen molar-refractivity contribution in [1.29, 1.82) is 0 Å². The molecular weight excluding hydrogens is 274 g/mol. The minimum absolute atomic E-state index is 0.156. The van der Waals surface area contributed by atoms with Crippen molar-refractivity contribution in [1.82, 2.24) is 4.90 Å². The molecule has 0 amide bonds. The lowest BCUT2D eigenvalue weighted by Gasteiger charge is -2.38. The van der Waals surface area contributed by atoms with Crippen LogP contribution in [0.1, 0.15) is 44.7 Å². The van der Waals surface area contributed by atoms with Crippen molar-refractivity contribution in [2.75, 3.05) is 19.6 Å². The molecule has 0 bridgehead atoms. The van der Waals surface area contributed by atoms with Gasteiger partial charge in [-0.2, -0.15) is 0 Å². The smallest absolute Gasteiger partial charge is 0.309 e. The van der Waals surface area contributed by atoms with Gasteiger partial charge in [0.05, 0.1) is 5.92 Å². The fraction of sp³-hybridized carbons (Fsp3) is 0.526. The topological polar surface area (TPSA) is 40.5 Å². The number of benzene rings is 1. The number of carboxylic acid groups (broad SMARTS) is 1. The van der Waals surface area contributed by atoms with Gasteiger partial charge >= 0.3 is 5.97 Å². The van der Waals surface area contributed by atoms with Gasteiger partial charge in [0.25, 0.3) is 0 Å². The van der Waals surface area contributed by atoms with Crippen LogP contribution in [0.5, 0.6) is 0 Å². The lowest BCUT2D eigenvalue weighted by Crippen LogP contribution is -2.50. The van der Waals surface area contributed by atoms with Gasteiger partial charge in [0.2, 0.25) is 0 Å². The third-order valence-electron chi connectivity index (χ3n) is 4.37. The second-order valence-electron chi connectivity index (χ2n) is 6.32. The number of hydrogen-bond donors (Lipinski definition) is 1. The number of hydrogen-bond acceptors (Lipinski definition) is 2. The van der Waals surface area contributed by atoms with Crippen LogP contribution in [0, 0.1) is 5.92 Å². The van der Waals surface area contributed by atoms with E-state index in [-0.39, 0.29) is 5.92 Å². The molecule has 0 atom stereocenters. The van der Waals surface area contributed by atoms with E-state index in [1.807, 2.05) is 0 Å². The molecule has 0 unspecified atom stereocenters. The first kappa shape index (κ1) is 16.8. The molecule has 1 saturated heterocycles. The molecule has 1 aromatic rings. The third kappa shape index (κ3) is 3.77. The predicted octanol–water partition coefficient (Wildman–Crippen LogP) is 3.84. The Kier molecular flexibility index (Phi) is 5.78. The fourth-order valence-electron chi connectivity index (χ4n) is 3.09. The van der Waals surface area contributed by atoms with Crippen LogP contribution in [-0.2, 0) is 11.2 Å². The monoisotopic (exact) mass is 301 g/mol. The zero-order chi connectivity index (χ0) is 16.1. The lowest BCUT2D eigenvalue weighted by atomic mass is 9.85. The van der Waals surface area contributed by atoms with E-state index in [0.717, 1.165) is 19.4 Å². The highest BCUT2D eigenvalue weighted by molar-refractivity contribution is 5.73. The third-order valence-corrected chi connectivity index (χ3v) is 4.37. The van der Waals surface area contributed by atoms with Gasteiger partial charge in [0.15, 0.2) is 0 Å². The van der Waals surface area contributed by atoms with E-state index in [2.05, 4.69) is 49.9 Å². The molecule has 3 rings (SSSR count). The van der Waals surface area contributed by atoms with Crippen LogP contribution in [0.15, 0.2) is 29.8 Å². The number of nitrogens with zero attached hydrogens (tertiary/aromatic N) is 1. The van der Waals surface area contributed by atoms with Crippen molar-refractivity contribution in [2.45, 2.75) is 40.0 Å². The molecule has 0 saturated carbocycles. The molecule has 0 spiro atoms. The minimum Gasteiger partial charge on any atom is -0.481 e. The normalized spacial score (nSPS) is 18.1. The summed E-state index contributed by atoms with van der Waals surface area (Å²) < 4.78 is 0. The van der Waals surface area contributed by atoms with Gasteiger partial charge in [-0.05, 0) is 36.5 Å². The quantitative estimate of drug-likeness (QED) is 0.922. The summed E-state index contributed by atoms with van der Waals surface area (Å²) in [5.41, 5.74) is 5.68. The maximum absolute atomic E-state index is 10.8. The van der Waals surface area contributed by atoms with Gasteiger partial charge in [-0.3, -0.25) is 9.69 Å². The van der Waals surface area contributed by atoms with Gasteiger partial charge in [-0.25, -0.2) is 0 Å². The molecule has 1 fully saturated rings. The summed E-state index contributed by atoms with van der Waals surface area (Å²) in [5.74, 6) is -0.812. The number of carboxylic acids is 1. The largest absolute Gasteiger partial charge is 0.481 e.